The van der Waals surface area contributed by atoms with Crippen molar-refractivity contribution in [1.82, 2.24) is 5.43 Å². The molecule has 0 bridgehead atoms. The van der Waals surface area contributed by atoms with Gasteiger partial charge < -0.3 is 5.43 Å². The van der Waals surface area contributed by atoms with Gasteiger partial charge in [-0.2, -0.15) is 5.10 Å². The lowest BCUT2D eigenvalue weighted by atomic mass is 9.62. The van der Waals surface area contributed by atoms with E-state index in [4.69, 9.17) is 0 Å². The van der Waals surface area contributed by atoms with Crippen LogP contribution in [0.5, 0.6) is 0 Å². The predicted octanol–water partition coefficient (Wildman–Crippen LogP) is 4.74. The number of benzene rings is 3. The van der Waals surface area contributed by atoms with Crippen LogP contribution in [0.1, 0.15) is 16.7 Å². The maximum Gasteiger partial charge on any atom is 0.0991 e. The summed E-state index contributed by atoms with van der Waals surface area (Å²) in [6.45, 7) is 0.714. The second-order valence-electron chi connectivity index (χ2n) is 6.30. The molecule has 3 heteroatoms. The molecule has 25 heavy (non-hydrogen) atoms. The fourth-order valence-corrected chi connectivity index (χ4v) is 4.78. The van der Waals surface area contributed by atoms with Gasteiger partial charge in [-0.25, -0.2) is 0 Å². The van der Waals surface area contributed by atoms with Gasteiger partial charge in [0.05, 0.1) is 16.3 Å². The van der Waals surface area contributed by atoms with Gasteiger partial charge in [0.1, 0.15) is 0 Å². The van der Waals surface area contributed by atoms with Crippen molar-refractivity contribution in [2.75, 3.05) is 6.54 Å². The minimum Gasteiger partial charge on any atom is -0.309 e. The zero-order valence-electron chi connectivity index (χ0n) is 13.8. The normalized spacial score (nSPS) is 19.6. The van der Waals surface area contributed by atoms with Crippen LogP contribution >= 0.6 is 15.9 Å². The molecule has 0 spiro atoms. The number of hydrazone groups is 1. The zero-order chi connectivity index (χ0) is 17.2. The molecule has 3 aromatic rings. The Labute approximate surface area is 156 Å². The van der Waals surface area contributed by atoms with Crippen molar-refractivity contribution in [1.29, 1.82) is 0 Å². The summed E-state index contributed by atoms with van der Waals surface area (Å²) in [4.78, 5) is 0. The van der Waals surface area contributed by atoms with E-state index in [9.17, 15) is 0 Å². The van der Waals surface area contributed by atoms with E-state index in [1.807, 2.05) is 6.21 Å². The van der Waals surface area contributed by atoms with Gasteiger partial charge in [-0.15, -0.1) is 0 Å². The summed E-state index contributed by atoms with van der Waals surface area (Å²) >= 11 is 4.07. The van der Waals surface area contributed by atoms with Crippen molar-refractivity contribution in [2.45, 2.75) is 9.74 Å². The minimum atomic E-state index is -0.399. The Morgan fingerprint density at radius 3 is 1.44 bits per heavy atom. The van der Waals surface area contributed by atoms with Crippen LogP contribution in [0.2, 0.25) is 0 Å². The maximum absolute atomic E-state index is 4.36. The van der Waals surface area contributed by atoms with E-state index < -0.39 is 5.41 Å². The molecule has 1 aliphatic heterocycles. The first-order valence-electron chi connectivity index (χ1n) is 8.40. The van der Waals surface area contributed by atoms with E-state index >= 15 is 0 Å². The minimum absolute atomic E-state index is 0.371. The Hall–Kier alpha value is -2.39. The molecule has 0 amide bonds. The molecular weight excluding hydrogens is 372 g/mol. The van der Waals surface area contributed by atoms with Crippen LogP contribution in [0, 0.1) is 0 Å². The number of hydrogen-bond donors (Lipinski definition) is 1. The van der Waals surface area contributed by atoms with E-state index in [1.54, 1.807) is 0 Å². The van der Waals surface area contributed by atoms with E-state index in [-0.39, 0.29) is 4.32 Å². The molecule has 0 aromatic heterocycles. The fourth-order valence-electron chi connectivity index (χ4n) is 3.87. The Morgan fingerprint density at radius 1 is 0.720 bits per heavy atom. The lowest BCUT2D eigenvalue weighted by Gasteiger charge is -2.45. The highest BCUT2D eigenvalue weighted by molar-refractivity contribution is 9.10. The lowest BCUT2D eigenvalue weighted by Crippen LogP contribution is -2.52. The largest absolute Gasteiger partial charge is 0.309 e. The number of halogens is 1. The smallest absolute Gasteiger partial charge is 0.0991 e. The van der Waals surface area contributed by atoms with Gasteiger partial charge in [0.2, 0.25) is 0 Å². The molecule has 1 unspecified atom stereocenters. The number of hydrogen-bond acceptors (Lipinski definition) is 2. The van der Waals surface area contributed by atoms with Crippen LogP contribution < -0.4 is 5.43 Å². The summed E-state index contributed by atoms with van der Waals surface area (Å²) in [7, 11) is 0. The van der Waals surface area contributed by atoms with Gasteiger partial charge in [0.25, 0.3) is 0 Å². The molecule has 0 saturated heterocycles. The van der Waals surface area contributed by atoms with E-state index in [2.05, 4.69) is 117 Å². The first-order valence-corrected chi connectivity index (χ1v) is 9.19. The number of rotatable bonds is 4. The maximum atomic E-state index is 4.36. The summed E-state index contributed by atoms with van der Waals surface area (Å²) in [6, 6.07) is 32.0. The van der Waals surface area contributed by atoms with Crippen LogP contribution in [0.4, 0.5) is 0 Å². The fraction of sp³-hybridized carbons (Fsp3) is 0.136. The van der Waals surface area contributed by atoms with Crippen molar-refractivity contribution >= 4 is 22.1 Å². The topological polar surface area (TPSA) is 24.4 Å². The standard InChI is InChI=1S/C22H19BrN2/c23-21(16-24-25-17-21)22(18-10-4-1-5-11-18,19-12-6-2-7-13-19)20-14-8-3-9-15-20/h1-16,25H,17H2. The van der Waals surface area contributed by atoms with Crippen molar-refractivity contribution < 1.29 is 0 Å². The second kappa shape index (κ2) is 6.49. The Balaban J connectivity index is 2.11. The van der Waals surface area contributed by atoms with Gasteiger partial charge in [0, 0.05) is 6.21 Å². The number of alkyl halides is 1. The predicted molar refractivity (Wildman–Crippen MR) is 107 cm³/mol. The average Bonchev–Trinajstić information content (AvgIpc) is 3.13. The van der Waals surface area contributed by atoms with Crippen molar-refractivity contribution in [3.63, 3.8) is 0 Å². The number of nitrogens with one attached hydrogen (secondary N) is 1. The Bertz CT molecular complexity index is 766. The molecule has 0 radical (unpaired) electrons. The summed E-state index contributed by atoms with van der Waals surface area (Å²) < 4.78 is -0.371. The monoisotopic (exact) mass is 390 g/mol. The van der Waals surface area contributed by atoms with Crippen LogP contribution in [-0.2, 0) is 5.41 Å². The molecular formula is C22H19BrN2. The van der Waals surface area contributed by atoms with Crippen LogP contribution in [0.15, 0.2) is 96.1 Å². The van der Waals surface area contributed by atoms with Crippen LogP contribution in [0.25, 0.3) is 0 Å². The summed E-state index contributed by atoms with van der Waals surface area (Å²) in [5, 5.41) is 4.36. The molecule has 1 atom stereocenters. The van der Waals surface area contributed by atoms with Gasteiger partial charge in [-0.05, 0) is 16.7 Å². The van der Waals surface area contributed by atoms with E-state index in [0.29, 0.717) is 6.54 Å². The zero-order valence-corrected chi connectivity index (χ0v) is 15.4. The molecule has 1 heterocycles. The third-order valence-electron chi connectivity index (χ3n) is 4.94. The van der Waals surface area contributed by atoms with Gasteiger partial charge >= 0.3 is 0 Å². The van der Waals surface area contributed by atoms with E-state index in [1.165, 1.54) is 16.7 Å². The second-order valence-corrected chi connectivity index (χ2v) is 7.72. The van der Waals surface area contributed by atoms with Gasteiger partial charge in [-0.1, -0.05) is 107 Å². The molecule has 124 valence electrons. The van der Waals surface area contributed by atoms with Gasteiger partial charge in [0.15, 0.2) is 0 Å². The first-order chi connectivity index (χ1) is 12.3. The molecule has 0 aliphatic carbocycles. The third-order valence-corrected chi connectivity index (χ3v) is 6.02. The summed E-state index contributed by atoms with van der Waals surface area (Å²) in [5.41, 5.74) is 6.46. The van der Waals surface area contributed by atoms with Crippen molar-refractivity contribution in [3.8, 4) is 0 Å². The van der Waals surface area contributed by atoms with Crippen LogP contribution in [-0.4, -0.2) is 17.1 Å². The SMILES string of the molecule is BrC1(C(c2ccccc2)(c2ccccc2)c2ccccc2)C=NNC1. The molecule has 2 nitrogen and oxygen atoms in total. The summed E-state index contributed by atoms with van der Waals surface area (Å²) in [5.74, 6) is 0. The highest BCUT2D eigenvalue weighted by atomic mass is 79.9. The Morgan fingerprint density at radius 2 is 1.12 bits per heavy atom. The first kappa shape index (κ1) is 16.1. The van der Waals surface area contributed by atoms with Crippen LogP contribution in [0.3, 0.4) is 0 Å². The van der Waals surface area contributed by atoms with Crippen molar-refractivity contribution in [3.05, 3.63) is 108 Å². The third kappa shape index (κ3) is 2.50. The van der Waals surface area contributed by atoms with Gasteiger partial charge in [-0.3, -0.25) is 0 Å². The lowest BCUT2D eigenvalue weighted by molar-refractivity contribution is 0.525. The molecule has 0 fully saturated rings. The highest BCUT2D eigenvalue weighted by Crippen LogP contribution is 2.51. The van der Waals surface area contributed by atoms with Crippen molar-refractivity contribution in [2.24, 2.45) is 5.10 Å². The molecule has 1 aliphatic rings. The summed E-state index contributed by atoms with van der Waals surface area (Å²) in [6.07, 6.45) is 2.00. The van der Waals surface area contributed by atoms with E-state index in [0.717, 1.165) is 0 Å². The Kier molecular flexibility index (Phi) is 4.18. The molecule has 4 rings (SSSR count). The quantitative estimate of drug-likeness (QED) is 0.504. The molecule has 0 saturated carbocycles. The highest BCUT2D eigenvalue weighted by Gasteiger charge is 2.54. The average molecular weight is 391 g/mol. The molecule has 3 aromatic carbocycles. The number of nitrogens with zero attached hydrogens (tertiary/aromatic N) is 1. The molecule has 1 N–H and O–H groups in total.